The van der Waals surface area contributed by atoms with Gasteiger partial charge >= 0.3 is 0 Å². The Hall–Kier alpha value is -0.900. The molecule has 0 unspecified atom stereocenters. The van der Waals surface area contributed by atoms with Crippen LogP contribution in [0, 0.1) is 5.92 Å². The molecular weight excluding hydrogens is 200 g/mol. The number of aromatic nitrogens is 3. The molecular formula is C12H24N4. The number of unbranched alkanes of at least 4 members (excludes halogenated alkanes) is 2. The molecule has 0 aliphatic heterocycles. The molecule has 0 saturated heterocycles. The lowest BCUT2D eigenvalue weighted by atomic mass is 10.1. The van der Waals surface area contributed by atoms with Crippen LogP contribution in [0.15, 0.2) is 0 Å². The van der Waals surface area contributed by atoms with E-state index in [2.05, 4.69) is 23.9 Å². The maximum absolute atomic E-state index is 5.46. The topological polar surface area (TPSA) is 56.7 Å². The minimum absolute atomic E-state index is 0.618. The number of hydrogen-bond acceptors (Lipinski definition) is 3. The minimum atomic E-state index is 0.618. The third kappa shape index (κ3) is 4.31. The van der Waals surface area contributed by atoms with Crippen LogP contribution in [0.3, 0.4) is 0 Å². The minimum Gasteiger partial charge on any atom is -0.330 e. The van der Waals surface area contributed by atoms with Gasteiger partial charge in [0.2, 0.25) is 0 Å². The van der Waals surface area contributed by atoms with Crippen molar-refractivity contribution in [3.63, 3.8) is 0 Å². The maximum Gasteiger partial charge on any atom is 0.151 e. The Kier molecular flexibility index (Phi) is 5.46. The van der Waals surface area contributed by atoms with Gasteiger partial charge < -0.3 is 5.73 Å². The van der Waals surface area contributed by atoms with Crippen LogP contribution in [0.25, 0.3) is 0 Å². The third-order valence-corrected chi connectivity index (χ3v) is 2.59. The van der Waals surface area contributed by atoms with Crippen LogP contribution in [0.1, 0.15) is 44.8 Å². The predicted octanol–water partition coefficient (Wildman–Crippen LogP) is 1.69. The normalized spacial score (nSPS) is 11.3. The molecule has 1 aromatic rings. The second-order valence-corrected chi connectivity index (χ2v) is 4.77. The van der Waals surface area contributed by atoms with Crippen molar-refractivity contribution in [3.8, 4) is 0 Å². The molecule has 0 radical (unpaired) electrons. The summed E-state index contributed by atoms with van der Waals surface area (Å²) in [5, 5.41) is 4.43. The summed E-state index contributed by atoms with van der Waals surface area (Å²) in [5.74, 6) is 2.70. The van der Waals surface area contributed by atoms with E-state index in [9.17, 15) is 0 Å². The van der Waals surface area contributed by atoms with Gasteiger partial charge in [0.05, 0.1) is 0 Å². The number of hydrogen-bond donors (Lipinski definition) is 1. The smallest absolute Gasteiger partial charge is 0.151 e. The Labute approximate surface area is 98.2 Å². The monoisotopic (exact) mass is 224 g/mol. The lowest BCUT2D eigenvalue weighted by molar-refractivity contribution is 0.609. The summed E-state index contributed by atoms with van der Waals surface area (Å²) < 4.78 is 1.92. The second-order valence-electron chi connectivity index (χ2n) is 4.77. The molecule has 0 spiro atoms. The summed E-state index contributed by atoms with van der Waals surface area (Å²) in [6.45, 7) is 5.17. The summed E-state index contributed by atoms with van der Waals surface area (Å²) in [6, 6.07) is 0. The number of aryl methyl sites for hydroxylation is 2. The highest BCUT2D eigenvalue weighted by atomic mass is 15.3. The molecule has 0 aliphatic carbocycles. The number of nitrogens with zero attached hydrogens (tertiary/aromatic N) is 3. The van der Waals surface area contributed by atoms with Crippen molar-refractivity contribution in [3.05, 3.63) is 11.6 Å². The van der Waals surface area contributed by atoms with Gasteiger partial charge in [0.15, 0.2) is 5.82 Å². The highest BCUT2D eigenvalue weighted by Crippen LogP contribution is 2.07. The van der Waals surface area contributed by atoms with Gasteiger partial charge in [0.1, 0.15) is 5.82 Å². The van der Waals surface area contributed by atoms with Gasteiger partial charge in [-0.3, -0.25) is 4.68 Å². The zero-order valence-electron chi connectivity index (χ0n) is 10.7. The first-order valence-electron chi connectivity index (χ1n) is 6.22. The zero-order valence-corrected chi connectivity index (χ0v) is 10.7. The van der Waals surface area contributed by atoms with Crippen LogP contribution in [-0.2, 0) is 19.9 Å². The number of rotatable bonds is 7. The maximum atomic E-state index is 5.46. The fraction of sp³-hybridized carbons (Fsp3) is 0.833. The van der Waals surface area contributed by atoms with E-state index in [1.165, 1.54) is 6.42 Å². The standard InChI is InChI=1S/C12H24N4/c1-10(2)9-11-14-12(16(3)15-11)7-5-4-6-8-13/h10H,4-9,13H2,1-3H3. The van der Waals surface area contributed by atoms with Crippen LogP contribution in [-0.4, -0.2) is 21.3 Å². The summed E-state index contributed by atoms with van der Waals surface area (Å²) in [4.78, 5) is 4.57. The molecule has 2 N–H and O–H groups in total. The van der Waals surface area contributed by atoms with Gasteiger partial charge in [0.25, 0.3) is 0 Å². The fourth-order valence-corrected chi connectivity index (χ4v) is 1.75. The van der Waals surface area contributed by atoms with Gasteiger partial charge in [0, 0.05) is 19.9 Å². The Bertz CT molecular complexity index is 304. The van der Waals surface area contributed by atoms with Crippen molar-refractivity contribution in [2.75, 3.05) is 6.54 Å². The third-order valence-electron chi connectivity index (χ3n) is 2.59. The Balaban J connectivity index is 2.43. The molecule has 0 aromatic carbocycles. The molecule has 1 heterocycles. The Morgan fingerprint density at radius 3 is 2.62 bits per heavy atom. The average Bonchev–Trinajstić information content (AvgIpc) is 2.53. The van der Waals surface area contributed by atoms with Gasteiger partial charge in [-0.15, -0.1) is 0 Å². The van der Waals surface area contributed by atoms with E-state index in [-0.39, 0.29) is 0 Å². The van der Waals surface area contributed by atoms with E-state index < -0.39 is 0 Å². The molecule has 4 heteroatoms. The van der Waals surface area contributed by atoms with E-state index in [4.69, 9.17) is 5.73 Å². The highest BCUT2D eigenvalue weighted by molar-refractivity contribution is 4.93. The summed E-state index contributed by atoms with van der Waals surface area (Å²) in [6.07, 6.45) is 5.43. The summed E-state index contributed by atoms with van der Waals surface area (Å²) in [5.41, 5.74) is 5.46. The van der Waals surface area contributed by atoms with Crippen molar-refractivity contribution >= 4 is 0 Å². The highest BCUT2D eigenvalue weighted by Gasteiger charge is 2.08. The van der Waals surface area contributed by atoms with Crippen molar-refractivity contribution in [1.82, 2.24) is 14.8 Å². The van der Waals surface area contributed by atoms with Gasteiger partial charge in [-0.05, 0) is 25.3 Å². The lowest BCUT2D eigenvalue weighted by Crippen LogP contribution is -2.01. The van der Waals surface area contributed by atoms with Crippen LogP contribution in [0.4, 0.5) is 0 Å². The predicted molar refractivity (Wildman–Crippen MR) is 66.2 cm³/mol. The van der Waals surface area contributed by atoms with Crippen LogP contribution in [0.5, 0.6) is 0 Å². The molecule has 0 fully saturated rings. The van der Waals surface area contributed by atoms with E-state index in [0.717, 1.165) is 43.9 Å². The van der Waals surface area contributed by atoms with Gasteiger partial charge in [-0.2, -0.15) is 5.10 Å². The number of nitrogens with two attached hydrogens (primary N) is 1. The average molecular weight is 224 g/mol. The van der Waals surface area contributed by atoms with Gasteiger partial charge in [-0.1, -0.05) is 20.3 Å². The fourth-order valence-electron chi connectivity index (χ4n) is 1.75. The molecule has 0 atom stereocenters. The van der Waals surface area contributed by atoms with E-state index in [1.54, 1.807) is 0 Å². The van der Waals surface area contributed by atoms with Crippen molar-refractivity contribution in [2.45, 2.75) is 46.0 Å². The Morgan fingerprint density at radius 1 is 1.25 bits per heavy atom. The second kappa shape index (κ2) is 6.63. The van der Waals surface area contributed by atoms with Crippen molar-refractivity contribution in [2.24, 2.45) is 18.7 Å². The molecule has 0 saturated carbocycles. The summed E-state index contributed by atoms with van der Waals surface area (Å²) in [7, 11) is 1.98. The Morgan fingerprint density at radius 2 is 2.00 bits per heavy atom. The molecule has 4 nitrogen and oxygen atoms in total. The molecule has 16 heavy (non-hydrogen) atoms. The van der Waals surface area contributed by atoms with Crippen LogP contribution < -0.4 is 5.73 Å². The first-order chi connectivity index (χ1) is 7.63. The molecule has 92 valence electrons. The SMILES string of the molecule is CC(C)Cc1nc(CCCCCN)n(C)n1. The largest absolute Gasteiger partial charge is 0.330 e. The summed E-state index contributed by atoms with van der Waals surface area (Å²) >= 11 is 0. The molecule has 0 amide bonds. The quantitative estimate of drug-likeness (QED) is 0.717. The molecule has 0 bridgehead atoms. The first-order valence-corrected chi connectivity index (χ1v) is 6.22. The van der Waals surface area contributed by atoms with E-state index in [1.807, 2.05) is 11.7 Å². The molecule has 0 aliphatic rings. The lowest BCUT2D eigenvalue weighted by Gasteiger charge is -1.99. The van der Waals surface area contributed by atoms with E-state index in [0.29, 0.717) is 5.92 Å². The van der Waals surface area contributed by atoms with Crippen molar-refractivity contribution in [1.29, 1.82) is 0 Å². The van der Waals surface area contributed by atoms with Gasteiger partial charge in [-0.25, -0.2) is 4.98 Å². The zero-order chi connectivity index (χ0) is 12.0. The first kappa shape index (κ1) is 13.2. The van der Waals surface area contributed by atoms with Crippen LogP contribution >= 0.6 is 0 Å². The molecule has 1 aromatic heterocycles. The van der Waals surface area contributed by atoms with E-state index >= 15 is 0 Å². The molecule has 1 rings (SSSR count). The van der Waals surface area contributed by atoms with Crippen LogP contribution in [0.2, 0.25) is 0 Å². The van der Waals surface area contributed by atoms with Crippen molar-refractivity contribution < 1.29 is 0 Å².